The Morgan fingerprint density at radius 2 is 2.04 bits per heavy atom. The summed E-state index contributed by atoms with van der Waals surface area (Å²) < 4.78 is 0.821. The summed E-state index contributed by atoms with van der Waals surface area (Å²) in [5.74, 6) is 2.19. The molecule has 2 unspecified atom stereocenters. The van der Waals surface area contributed by atoms with E-state index in [4.69, 9.17) is 0 Å². The molecule has 0 aromatic heterocycles. The molecular formula is C19H29N2O2+. The molecule has 0 bridgehead atoms. The summed E-state index contributed by atoms with van der Waals surface area (Å²) in [5, 5.41) is 2.80. The zero-order valence-electron chi connectivity index (χ0n) is 14.8. The van der Waals surface area contributed by atoms with E-state index in [1.54, 1.807) is 0 Å². The predicted molar refractivity (Wildman–Crippen MR) is 92.7 cm³/mol. The lowest BCUT2D eigenvalue weighted by Crippen LogP contribution is -2.29. The number of carbonyl (C=O) groups excluding carboxylic acids is 1. The van der Waals surface area contributed by atoms with Gasteiger partial charge in [-0.05, 0) is 72.0 Å². The number of rotatable bonds is 8. The van der Waals surface area contributed by atoms with Gasteiger partial charge in [0.2, 0.25) is 6.54 Å². The van der Waals surface area contributed by atoms with E-state index in [0.29, 0.717) is 24.6 Å². The van der Waals surface area contributed by atoms with Crippen LogP contribution in [0.5, 0.6) is 0 Å². The van der Waals surface area contributed by atoms with Gasteiger partial charge in [0.1, 0.15) is 0 Å². The minimum absolute atomic E-state index is 0.101. The van der Waals surface area contributed by atoms with Gasteiger partial charge in [0.15, 0.2) is 7.05 Å². The minimum Gasteiger partial charge on any atom is -0.346 e. The number of carbonyl (C=O) groups is 1. The topological polar surface area (TPSA) is 49.2 Å². The zero-order valence-corrected chi connectivity index (χ0v) is 14.8. The number of hydrogen-bond acceptors (Lipinski definition) is 2. The van der Waals surface area contributed by atoms with Crippen molar-refractivity contribution >= 4 is 5.91 Å². The number of amides is 1. The first-order valence-electron chi connectivity index (χ1n) is 8.64. The molecule has 1 aliphatic rings. The van der Waals surface area contributed by atoms with E-state index in [2.05, 4.69) is 26.1 Å². The molecule has 0 saturated heterocycles. The van der Waals surface area contributed by atoms with Crippen molar-refractivity contribution in [3.05, 3.63) is 39.8 Å². The predicted octanol–water partition coefficient (Wildman–Crippen LogP) is 3.36. The van der Waals surface area contributed by atoms with Crippen LogP contribution < -0.4 is 5.32 Å². The maximum Gasteiger partial charge on any atom is 0.251 e. The second kappa shape index (κ2) is 7.71. The van der Waals surface area contributed by atoms with Crippen molar-refractivity contribution in [2.75, 3.05) is 20.1 Å². The molecule has 0 aliphatic heterocycles. The first-order valence-corrected chi connectivity index (χ1v) is 8.64. The first-order chi connectivity index (χ1) is 10.9. The number of nitrogens with zero attached hydrogens (tertiary/aromatic N) is 1. The van der Waals surface area contributed by atoms with Crippen LogP contribution in [0.25, 0.3) is 0 Å². The van der Waals surface area contributed by atoms with Gasteiger partial charge in [-0.25, -0.2) is 0 Å². The average molecular weight is 317 g/mol. The smallest absolute Gasteiger partial charge is 0.251 e. The SMILES string of the molecule is Cc1ccc(C(=O)NCC[N+](C)=O)cc1CC(C)C(C)C1CC1. The maximum atomic E-state index is 12.2. The van der Waals surface area contributed by atoms with E-state index in [9.17, 15) is 9.70 Å². The van der Waals surface area contributed by atoms with Crippen LogP contribution in [-0.2, 0) is 6.42 Å². The molecule has 1 aromatic carbocycles. The van der Waals surface area contributed by atoms with Gasteiger partial charge >= 0.3 is 0 Å². The van der Waals surface area contributed by atoms with E-state index < -0.39 is 0 Å². The van der Waals surface area contributed by atoms with Crippen LogP contribution in [-0.4, -0.2) is 30.8 Å². The molecule has 1 N–H and O–H groups in total. The Morgan fingerprint density at radius 3 is 2.65 bits per heavy atom. The van der Waals surface area contributed by atoms with Gasteiger partial charge in [0.05, 0.1) is 6.54 Å². The minimum atomic E-state index is -0.101. The Hall–Kier alpha value is -1.71. The summed E-state index contributed by atoms with van der Waals surface area (Å²) >= 11 is 0. The van der Waals surface area contributed by atoms with Crippen LogP contribution >= 0.6 is 0 Å². The van der Waals surface area contributed by atoms with Crippen molar-refractivity contribution in [3.8, 4) is 0 Å². The molecule has 23 heavy (non-hydrogen) atoms. The molecule has 126 valence electrons. The van der Waals surface area contributed by atoms with E-state index in [1.807, 2.05) is 18.2 Å². The number of hydrogen-bond donors (Lipinski definition) is 1. The van der Waals surface area contributed by atoms with Crippen LogP contribution in [0.1, 0.15) is 48.2 Å². The van der Waals surface area contributed by atoms with Crippen molar-refractivity contribution in [1.82, 2.24) is 5.32 Å². The normalized spacial score (nSPS) is 16.7. The summed E-state index contributed by atoms with van der Waals surface area (Å²) in [6, 6.07) is 5.91. The molecule has 1 amide bonds. The van der Waals surface area contributed by atoms with E-state index in [0.717, 1.165) is 23.0 Å². The Balaban J connectivity index is 1.99. The van der Waals surface area contributed by atoms with Gasteiger partial charge in [-0.3, -0.25) is 4.79 Å². The quantitative estimate of drug-likeness (QED) is 0.747. The number of likely N-dealkylation sites (N-methyl/N-ethyl adjacent to an activating group) is 1. The Kier molecular flexibility index (Phi) is 5.91. The highest BCUT2D eigenvalue weighted by atomic mass is 16.3. The van der Waals surface area contributed by atoms with Gasteiger partial charge in [-0.15, -0.1) is 0 Å². The maximum absolute atomic E-state index is 12.2. The fourth-order valence-electron chi connectivity index (χ4n) is 3.08. The van der Waals surface area contributed by atoms with E-state index in [-0.39, 0.29) is 5.91 Å². The zero-order chi connectivity index (χ0) is 17.0. The largest absolute Gasteiger partial charge is 0.346 e. The molecular weight excluding hydrogens is 288 g/mol. The number of nitrogens with one attached hydrogen (secondary N) is 1. The molecule has 2 rings (SSSR count). The molecule has 0 heterocycles. The van der Waals surface area contributed by atoms with Gasteiger partial charge in [-0.1, -0.05) is 19.9 Å². The molecule has 4 heteroatoms. The van der Waals surface area contributed by atoms with Crippen molar-refractivity contribution in [1.29, 1.82) is 0 Å². The van der Waals surface area contributed by atoms with Gasteiger partial charge in [0, 0.05) is 10.5 Å². The van der Waals surface area contributed by atoms with Crippen molar-refractivity contribution in [2.24, 2.45) is 17.8 Å². The Morgan fingerprint density at radius 1 is 1.35 bits per heavy atom. The molecule has 2 atom stereocenters. The summed E-state index contributed by atoms with van der Waals surface area (Å²) in [6.07, 6.45) is 3.77. The highest BCUT2D eigenvalue weighted by Crippen LogP contribution is 2.41. The van der Waals surface area contributed by atoms with Crippen LogP contribution in [0.3, 0.4) is 0 Å². The molecule has 0 radical (unpaired) electrons. The Bertz CT molecular complexity index is 579. The monoisotopic (exact) mass is 317 g/mol. The summed E-state index contributed by atoms with van der Waals surface area (Å²) in [5.41, 5.74) is 3.19. The number of benzene rings is 1. The van der Waals surface area contributed by atoms with Crippen molar-refractivity contribution in [3.63, 3.8) is 0 Å². The van der Waals surface area contributed by atoms with Crippen LogP contribution in [0, 0.1) is 29.6 Å². The summed E-state index contributed by atoms with van der Waals surface area (Å²) in [6.45, 7) is 7.46. The second-order valence-corrected chi connectivity index (χ2v) is 7.13. The van der Waals surface area contributed by atoms with Gasteiger partial charge in [-0.2, -0.15) is 0 Å². The fourth-order valence-corrected chi connectivity index (χ4v) is 3.08. The lowest BCUT2D eigenvalue weighted by atomic mass is 9.85. The summed E-state index contributed by atoms with van der Waals surface area (Å²) in [4.78, 5) is 23.1. The molecule has 1 aromatic rings. The van der Waals surface area contributed by atoms with Crippen LogP contribution in [0.4, 0.5) is 0 Å². The third-order valence-electron chi connectivity index (χ3n) is 5.13. The molecule has 4 nitrogen and oxygen atoms in total. The molecule has 1 saturated carbocycles. The summed E-state index contributed by atoms with van der Waals surface area (Å²) in [7, 11) is 1.46. The van der Waals surface area contributed by atoms with Crippen molar-refractivity contribution < 1.29 is 9.55 Å². The standard InChI is InChI=1S/C19H28N2O2/c1-13-5-6-17(19(22)20-9-10-21(4)23)12-18(13)11-14(2)15(3)16-7-8-16/h5-6,12,14-16H,7-11H2,1-4H3/p+1. The third kappa shape index (κ3) is 5.15. The van der Waals surface area contributed by atoms with Crippen LogP contribution in [0.2, 0.25) is 0 Å². The van der Waals surface area contributed by atoms with Crippen molar-refractivity contribution in [2.45, 2.75) is 40.0 Å². The van der Waals surface area contributed by atoms with Crippen LogP contribution in [0.15, 0.2) is 18.2 Å². The average Bonchev–Trinajstić information content (AvgIpc) is 3.32. The highest BCUT2D eigenvalue weighted by Gasteiger charge is 2.31. The lowest BCUT2D eigenvalue weighted by Gasteiger charge is -2.21. The highest BCUT2D eigenvalue weighted by molar-refractivity contribution is 5.94. The van der Waals surface area contributed by atoms with E-state index in [1.165, 1.54) is 31.0 Å². The number of aryl methyl sites for hydroxylation is 1. The lowest BCUT2D eigenvalue weighted by molar-refractivity contribution is -0.516. The third-order valence-corrected chi connectivity index (χ3v) is 5.13. The molecule has 0 spiro atoms. The van der Waals surface area contributed by atoms with Gasteiger partial charge in [0.25, 0.3) is 5.91 Å². The fraction of sp³-hybridized carbons (Fsp3) is 0.632. The molecule has 1 aliphatic carbocycles. The van der Waals surface area contributed by atoms with E-state index >= 15 is 0 Å². The Labute approximate surface area is 139 Å². The molecule has 1 fully saturated rings. The number of nitroso groups, excluding NO2 is 1. The first kappa shape index (κ1) is 17.6. The van der Waals surface area contributed by atoms with Gasteiger partial charge < -0.3 is 5.32 Å². The second-order valence-electron chi connectivity index (χ2n) is 7.13.